The van der Waals surface area contributed by atoms with E-state index in [1.807, 2.05) is 12.1 Å². The van der Waals surface area contributed by atoms with E-state index in [4.69, 9.17) is 10.5 Å². The number of amides is 2. The fraction of sp³-hybridized carbons (Fsp3) is 0.261. The van der Waals surface area contributed by atoms with Crippen molar-refractivity contribution in [3.05, 3.63) is 53.1 Å². The predicted octanol–water partition coefficient (Wildman–Crippen LogP) is -0.0943. The number of carbonyl (C=O) groups is 2. The smallest absolute Gasteiger partial charge is 0.257 e. The number of methoxy groups -OCH3 is 1. The van der Waals surface area contributed by atoms with Crippen LogP contribution in [0, 0.1) is 11.8 Å². The number of nitrogens with two attached hydrogens (primary N) is 1. The standard InChI is InChI=1S/C23H22N6O4/c1-28-18-6-3-13(9-17(18)19(24)27-28)7-8-23(21(31)25-22(32)26-23)12-29-11-14-4-5-15(33-2)10-16(14)20(29)30/h3-6,9-10,22,26,32H,11-12H2,1-2H3,(H2,24,27)(H,25,31). The third kappa shape index (κ3) is 3.44. The number of hydrogen-bond acceptors (Lipinski definition) is 7. The zero-order chi connectivity index (χ0) is 23.3. The number of nitrogens with one attached hydrogen (secondary N) is 2. The monoisotopic (exact) mass is 446 g/mol. The Morgan fingerprint density at radius 2 is 2.12 bits per heavy atom. The molecule has 0 saturated carbocycles. The van der Waals surface area contributed by atoms with Gasteiger partial charge in [-0.15, -0.1) is 0 Å². The second kappa shape index (κ2) is 7.51. The number of carbonyl (C=O) groups excluding carboxylic acids is 2. The molecule has 10 nitrogen and oxygen atoms in total. The summed E-state index contributed by atoms with van der Waals surface area (Å²) >= 11 is 0. The number of anilines is 1. The maximum absolute atomic E-state index is 13.0. The zero-order valence-corrected chi connectivity index (χ0v) is 18.0. The van der Waals surface area contributed by atoms with Crippen molar-refractivity contribution in [3.8, 4) is 17.6 Å². The van der Waals surface area contributed by atoms with E-state index in [0.29, 0.717) is 29.2 Å². The number of hydrogen-bond donors (Lipinski definition) is 4. The molecule has 5 rings (SSSR count). The molecule has 0 bridgehead atoms. The first-order valence-corrected chi connectivity index (χ1v) is 10.3. The molecular formula is C23H22N6O4. The molecule has 0 aliphatic carbocycles. The van der Waals surface area contributed by atoms with E-state index in [0.717, 1.165) is 16.5 Å². The van der Waals surface area contributed by atoms with Crippen LogP contribution < -0.4 is 21.1 Å². The van der Waals surface area contributed by atoms with Gasteiger partial charge in [-0.25, -0.2) is 5.32 Å². The summed E-state index contributed by atoms with van der Waals surface area (Å²) in [5.41, 5.74) is 7.32. The molecule has 3 aromatic rings. The second-order valence-corrected chi connectivity index (χ2v) is 8.10. The molecule has 10 heteroatoms. The molecule has 2 unspecified atom stereocenters. The fourth-order valence-corrected chi connectivity index (χ4v) is 4.26. The highest BCUT2D eigenvalue weighted by molar-refractivity contribution is 6.00. The fourth-order valence-electron chi connectivity index (χ4n) is 4.26. The number of fused-ring (bicyclic) bond motifs is 2. The van der Waals surface area contributed by atoms with Gasteiger partial charge in [0.1, 0.15) is 5.75 Å². The molecule has 168 valence electrons. The summed E-state index contributed by atoms with van der Waals surface area (Å²) in [7, 11) is 3.34. The first kappa shape index (κ1) is 20.8. The van der Waals surface area contributed by atoms with Crippen molar-refractivity contribution in [3.63, 3.8) is 0 Å². The van der Waals surface area contributed by atoms with Crippen molar-refractivity contribution in [1.29, 1.82) is 0 Å². The second-order valence-electron chi connectivity index (χ2n) is 8.10. The lowest BCUT2D eigenvalue weighted by Gasteiger charge is -2.26. The first-order valence-electron chi connectivity index (χ1n) is 10.3. The maximum Gasteiger partial charge on any atom is 0.257 e. The largest absolute Gasteiger partial charge is 0.497 e. The van der Waals surface area contributed by atoms with Gasteiger partial charge in [-0.05, 0) is 35.9 Å². The number of aliphatic hydroxyl groups excluding tert-OH is 1. The molecule has 0 radical (unpaired) electrons. The Morgan fingerprint density at radius 1 is 1.30 bits per heavy atom. The Kier molecular flexibility index (Phi) is 4.74. The summed E-state index contributed by atoms with van der Waals surface area (Å²) < 4.78 is 6.90. The van der Waals surface area contributed by atoms with Gasteiger partial charge < -0.3 is 25.8 Å². The molecule has 2 aromatic carbocycles. The van der Waals surface area contributed by atoms with Crippen LogP contribution in [0.15, 0.2) is 36.4 Å². The summed E-state index contributed by atoms with van der Waals surface area (Å²) in [4.78, 5) is 27.4. The van der Waals surface area contributed by atoms with Gasteiger partial charge in [0.25, 0.3) is 11.8 Å². The van der Waals surface area contributed by atoms with Crippen molar-refractivity contribution >= 4 is 28.5 Å². The number of nitrogens with zero attached hydrogens (tertiary/aromatic N) is 3. The van der Waals surface area contributed by atoms with E-state index in [9.17, 15) is 14.7 Å². The average Bonchev–Trinajstić information content (AvgIpc) is 3.37. The summed E-state index contributed by atoms with van der Waals surface area (Å²) in [6.07, 6.45) is -1.27. The van der Waals surface area contributed by atoms with Crippen LogP contribution in [-0.2, 0) is 18.4 Å². The quantitative estimate of drug-likeness (QED) is 0.413. The lowest BCUT2D eigenvalue weighted by atomic mass is 9.99. The SMILES string of the molecule is COc1ccc2c(c1)C(=O)N(CC1(C#Cc3ccc4c(c3)c(N)nn4C)NC(O)NC1=O)C2. The highest BCUT2D eigenvalue weighted by atomic mass is 16.5. The summed E-state index contributed by atoms with van der Waals surface area (Å²) in [5, 5.41) is 20.2. The van der Waals surface area contributed by atoms with Gasteiger partial charge >= 0.3 is 0 Å². The molecule has 5 N–H and O–H groups in total. The summed E-state index contributed by atoms with van der Waals surface area (Å²) in [6.45, 7) is 0.279. The van der Waals surface area contributed by atoms with Gasteiger partial charge in [0.2, 0.25) is 0 Å². The Bertz CT molecular complexity index is 1370. The lowest BCUT2D eigenvalue weighted by molar-refractivity contribution is -0.123. The van der Waals surface area contributed by atoms with Crippen LogP contribution in [0.3, 0.4) is 0 Å². The van der Waals surface area contributed by atoms with Crippen LogP contribution in [-0.4, -0.2) is 57.1 Å². The molecular weight excluding hydrogens is 424 g/mol. The predicted molar refractivity (Wildman–Crippen MR) is 120 cm³/mol. The van der Waals surface area contributed by atoms with Crippen molar-refractivity contribution in [2.45, 2.75) is 18.4 Å². The van der Waals surface area contributed by atoms with E-state index in [2.05, 4.69) is 27.6 Å². The van der Waals surface area contributed by atoms with Crippen molar-refractivity contribution in [1.82, 2.24) is 25.3 Å². The van der Waals surface area contributed by atoms with Gasteiger partial charge in [0, 0.05) is 30.1 Å². The minimum absolute atomic E-state index is 0.0456. The van der Waals surface area contributed by atoms with Crippen LogP contribution in [0.25, 0.3) is 10.9 Å². The Morgan fingerprint density at radius 3 is 2.85 bits per heavy atom. The minimum atomic E-state index is -1.49. The van der Waals surface area contributed by atoms with Crippen LogP contribution in [0.4, 0.5) is 5.82 Å². The number of rotatable bonds is 3. The van der Waals surface area contributed by atoms with Gasteiger partial charge in [0.05, 0.1) is 19.2 Å². The van der Waals surface area contributed by atoms with Crippen LogP contribution in [0.1, 0.15) is 21.5 Å². The molecule has 3 heterocycles. The first-order chi connectivity index (χ1) is 15.8. The topological polar surface area (TPSA) is 135 Å². The molecule has 1 saturated heterocycles. The van der Waals surface area contributed by atoms with Crippen molar-refractivity contribution in [2.24, 2.45) is 7.05 Å². The molecule has 2 aliphatic rings. The molecule has 33 heavy (non-hydrogen) atoms. The molecule has 2 amide bonds. The number of benzene rings is 2. The molecule has 1 fully saturated rings. The molecule has 0 spiro atoms. The van der Waals surface area contributed by atoms with Crippen molar-refractivity contribution < 1.29 is 19.4 Å². The zero-order valence-electron chi connectivity index (χ0n) is 18.0. The summed E-state index contributed by atoms with van der Waals surface area (Å²) in [5.74, 6) is 6.18. The number of ether oxygens (including phenoxy) is 1. The number of aliphatic hydroxyl groups is 1. The van der Waals surface area contributed by atoms with E-state index in [-0.39, 0.29) is 12.5 Å². The highest BCUT2D eigenvalue weighted by Crippen LogP contribution is 2.29. The molecule has 1 aromatic heterocycles. The van der Waals surface area contributed by atoms with Gasteiger partial charge in [0.15, 0.2) is 17.7 Å². The van der Waals surface area contributed by atoms with E-state index in [1.165, 1.54) is 12.0 Å². The van der Waals surface area contributed by atoms with E-state index < -0.39 is 17.8 Å². The summed E-state index contributed by atoms with van der Waals surface area (Å²) in [6, 6.07) is 10.7. The normalized spacial score (nSPS) is 21.7. The number of nitrogen functional groups attached to an aromatic ring is 1. The Labute approximate surface area is 189 Å². The number of aryl methyl sites for hydroxylation is 1. The lowest BCUT2D eigenvalue weighted by Crippen LogP contribution is -2.54. The van der Waals surface area contributed by atoms with Crippen LogP contribution >= 0.6 is 0 Å². The maximum atomic E-state index is 13.0. The minimum Gasteiger partial charge on any atom is -0.497 e. The third-order valence-electron chi connectivity index (χ3n) is 5.96. The Balaban J connectivity index is 1.48. The molecule has 2 aliphatic heterocycles. The van der Waals surface area contributed by atoms with Crippen LogP contribution in [0.2, 0.25) is 0 Å². The van der Waals surface area contributed by atoms with Gasteiger partial charge in [-0.3, -0.25) is 14.3 Å². The number of aromatic nitrogens is 2. The van der Waals surface area contributed by atoms with Crippen molar-refractivity contribution in [2.75, 3.05) is 19.4 Å². The molecule has 2 atom stereocenters. The van der Waals surface area contributed by atoms with Gasteiger partial charge in [-0.1, -0.05) is 17.9 Å². The van der Waals surface area contributed by atoms with Gasteiger partial charge in [-0.2, -0.15) is 5.10 Å². The third-order valence-corrected chi connectivity index (χ3v) is 5.96. The van der Waals surface area contributed by atoms with E-state index >= 15 is 0 Å². The highest BCUT2D eigenvalue weighted by Gasteiger charge is 2.48. The van der Waals surface area contributed by atoms with E-state index in [1.54, 1.807) is 36.0 Å². The average molecular weight is 446 g/mol. The van der Waals surface area contributed by atoms with Crippen LogP contribution in [0.5, 0.6) is 5.75 Å². The Hall–Kier alpha value is -4.07.